The summed E-state index contributed by atoms with van der Waals surface area (Å²) in [5.74, 6) is 0.139. The van der Waals surface area contributed by atoms with Crippen LogP contribution in [0, 0.1) is 0 Å². The Morgan fingerprint density at radius 1 is 0.903 bits per heavy atom. The minimum atomic E-state index is -0.261. The van der Waals surface area contributed by atoms with Crippen LogP contribution in [0.15, 0.2) is 47.4 Å². The molecule has 2 aromatic carbocycles. The zero-order chi connectivity index (χ0) is 23.1. The first kappa shape index (κ1) is 25.0. The van der Waals surface area contributed by atoms with E-state index in [2.05, 4.69) is 45.1 Å². The highest BCUT2D eigenvalue weighted by Crippen LogP contribution is 2.32. The first-order chi connectivity index (χ1) is 14.6. The number of hydrogen-bond acceptors (Lipinski definition) is 3. The van der Waals surface area contributed by atoms with E-state index >= 15 is 0 Å². The van der Waals surface area contributed by atoms with Crippen LogP contribution in [0.5, 0.6) is 0 Å². The van der Waals surface area contributed by atoms with Gasteiger partial charge in [-0.2, -0.15) is 0 Å². The lowest BCUT2D eigenvalue weighted by Crippen LogP contribution is -2.38. The second-order valence-corrected chi connectivity index (χ2v) is 9.69. The average molecular weight is 441 g/mol. The summed E-state index contributed by atoms with van der Waals surface area (Å²) in [6, 6.07) is 14.4. The molecule has 0 unspecified atom stereocenters. The van der Waals surface area contributed by atoms with E-state index in [-0.39, 0.29) is 36.1 Å². The van der Waals surface area contributed by atoms with Crippen LogP contribution < -0.4 is 5.32 Å². The fourth-order valence-corrected chi connectivity index (χ4v) is 4.01. The zero-order valence-corrected chi connectivity index (χ0v) is 20.7. The van der Waals surface area contributed by atoms with Crippen molar-refractivity contribution in [2.24, 2.45) is 0 Å². The smallest absolute Gasteiger partial charge is 0.233 e. The van der Waals surface area contributed by atoms with Gasteiger partial charge in [0.15, 0.2) is 0 Å². The number of para-hydroxylation sites is 1. The Kier molecular flexibility index (Phi) is 9.17. The van der Waals surface area contributed by atoms with Crippen molar-refractivity contribution in [3.05, 3.63) is 59.2 Å². The van der Waals surface area contributed by atoms with Crippen LogP contribution in [-0.2, 0) is 16.1 Å². The molecule has 4 nitrogen and oxygen atoms in total. The van der Waals surface area contributed by atoms with Crippen LogP contribution in [0.3, 0.4) is 0 Å². The van der Waals surface area contributed by atoms with Gasteiger partial charge in [0.2, 0.25) is 11.8 Å². The molecule has 0 spiro atoms. The van der Waals surface area contributed by atoms with Gasteiger partial charge in [-0.25, -0.2) is 0 Å². The molecule has 0 aliphatic rings. The van der Waals surface area contributed by atoms with Crippen LogP contribution in [0.4, 0.5) is 5.69 Å². The predicted molar refractivity (Wildman–Crippen MR) is 132 cm³/mol. The highest BCUT2D eigenvalue weighted by molar-refractivity contribution is 7.98. The maximum Gasteiger partial charge on any atom is 0.233 e. The molecule has 0 aliphatic carbocycles. The summed E-state index contributed by atoms with van der Waals surface area (Å²) in [4.78, 5) is 28.8. The van der Waals surface area contributed by atoms with Gasteiger partial charge in [0.1, 0.15) is 6.42 Å². The van der Waals surface area contributed by atoms with Crippen molar-refractivity contribution >= 4 is 29.3 Å². The van der Waals surface area contributed by atoms with Crippen molar-refractivity contribution in [3.63, 3.8) is 0 Å². The van der Waals surface area contributed by atoms with E-state index in [0.717, 1.165) is 22.4 Å². The van der Waals surface area contributed by atoms with Crippen molar-refractivity contribution in [2.45, 2.75) is 77.3 Å². The molecule has 2 aromatic rings. The molecular formula is C26H36N2O2S. The normalized spacial score (nSPS) is 11.3. The minimum absolute atomic E-state index is 0.00898. The van der Waals surface area contributed by atoms with Crippen molar-refractivity contribution in [1.82, 2.24) is 4.90 Å². The van der Waals surface area contributed by atoms with Crippen LogP contribution in [0.2, 0.25) is 0 Å². The molecule has 0 atom stereocenters. The molecule has 31 heavy (non-hydrogen) atoms. The van der Waals surface area contributed by atoms with Gasteiger partial charge < -0.3 is 10.2 Å². The highest BCUT2D eigenvalue weighted by atomic mass is 32.2. The number of carbonyl (C=O) groups excluding carboxylic acids is 2. The number of rotatable bonds is 9. The van der Waals surface area contributed by atoms with Crippen molar-refractivity contribution in [3.8, 4) is 0 Å². The van der Waals surface area contributed by atoms with E-state index in [0.29, 0.717) is 6.54 Å². The lowest BCUT2D eigenvalue weighted by molar-refractivity contribution is -0.136. The molecular weight excluding hydrogens is 404 g/mol. The number of carbonyl (C=O) groups is 2. The fourth-order valence-electron chi connectivity index (χ4n) is 3.60. The van der Waals surface area contributed by atoms with E-state index in [1.54, 1.807) is 16.7 Å². The Balaban J connectivity index is 2.15. The third kappa shape index (κ3) is 6.86. The monoisotopic (exact) mass is 440 g/mol. The summed E-state index contributed by atoms with van der Waals surface area (Å²) in [6.07, 6.45) is 1.88. The number of hydrogen-bond donors (Lipinski definition) is 1. The molecule has 0 bridgehead atoms. The molecule has 0 saturated heterocycles. The molecule has 0 fully saturated rings. The minimum Gasteiger partial charge on any atom is -0.336 e. The molecule has 0 saturated carbocycles. The summed E-state index contributed by atoms with van der Waals surface area (Å²) in [7, 11) is 0. The largest absolute Gasteiger partial charge is 0.336 e. The first-order valence-corrected chi connectivity index (χ1v) is 12.2. The highest BCUT2D eigenvalue weighted by Gasteiger charge is 2.22. The Hall–Kier alpha value is -2.27. The third-order valence-corrected chi connectivity index (χ3v) is 6.15. The molecule has 1 N–H and O–H groups in total. The summed E-state index contributed by atoms with van der Waals surface area (Å²) in [6.45, 7) is 12.9. The second kappa shape index (κ2) is 11.4. The quantitative estimate of drug-likeness (QED) is 0.361. The molecule has 5 heteroatoms. The van der Waals surface area contributed by atoms with Gasteiger partial charge in [0.05, 0.1) is 0 Å². The summed E-state index contributed by atoms with van der Waals surface area (Å²) >= 11 is 1.69. The van der Waals surface area contributed by atoms with Crippen LogP contribution >= 0.6 is 11.8 Å². The second-order valence-electron chi connectivity index (χ2n) is 8.81. The number of anilines is 1. The summed E-state index contributed by atoms with van der Waals surface area (Å²) in [5, 5.41) is 3.06. The molecule has 168 valence electrons. The molecule has 0 heterocycles. The number of nitrogens with one attached hydrogen (secondary N) is 1. The van der Waals surface area contributed by atoms with Crippen molar-refractivity contribution in [2.75, 3.05) is 11.6 Å². The van der Waals surface area contributed by atoms with Gasteiger partial charge in [-0.15, -0.1) is 11.8 Å². The molecule has 2 rings (SSSR count). The first-order valence-electron chi connectivity index (χ1n) is 11.0. The molecule has 2 amide bonds. The number of nitrogens with zero attached hydrogens (tertiary/aromatic N) is 1. The zero-order valence-electron chi connectivity index (χ0n) is 19.9. The van der Waals surface area contributed by atoms with E-state index in [4.69, 9.17) is 0 Å². The number of benzene rings is 2. The Labute approximate surface area is 191 Å². The third-order valence-electron chi connectivity index (χ3n) is 5.40. The van der Waals surface area contributed by atoms with E-state index in [9.17, 15) is 9.59 Å². The Morgan fingerprint density at radius 2 is 1.45 bits per heavy atom. The lowest BCUT2D eigenvalue weighted by atomic mass is 9.92. The Bertz CT molecular complexity index is 863. The van der Waals surface area contributed by atoms with E-state index in [1.807, 2.05) is 50.4 Å². The fraction of sp³-hybridized carbons (Fsp3) is 0.462. The van der Waals surface area contributed by atoms with Crippen molar-refractivity contribution < 1.29 is 9.59 Å². The number of amides is 2. The maximum atomic E-state index is 13.0. The average Bonchev–Trinajstić information content (AvgIpc) is 2.71. The molecule has 0 aliphatic heterocycles. The van der Waals surface area contributed by atoms with Gasteiger partial charge in [0, 0.05) is 23.2 Å². The van der Waals surface area contributed by atoms with Crippen LogP contribution in [-0.4, -0.2) is 29.0 Å². The lowest BCUT2D eigenvalue weighted by Gasteiger charge is -2.27. The SMILES string of the molecule is CSc1ccc(CN(C(=O)CC(=O)Nc2c(C(C)C)cccc2C(C)C)C(C)C)cc1. The Morgan fingerprint density at radius 3 is 1.90 bits per heavy atom. The van der Waals surface area contributed by atoms with Gasteiger partial charge in [-0.05, 0) is 60.8 Å². The number of thioether (sulfide) groups is 1. The molecule has 0 aromatic heterocycles. The van der Waals surface area contributed by atoms with Crippen molar-refractivity contribution in [1.29, 1.82) is 0 Å². The maximum absolute atomic E-state index is 13.0. The van der Waals surface area contributed by atoms with E-state index < -0.39 is 0 Å². The summed E-state index contributed by atoms with van der Waals surface area (Å²) in [5.41, 5.74) is 4.12. The predicted octanol–water partition coefficient (Wildman–Crippen LogP) is 6.42. The van der Waals surface area contributed by atoms with Crippen LogP contribution in [0.1, 0.15) is 76.5 Å². The summed E-state index contributed by atoms with van der Waals surface area (Å²) < 4.78 is 0. The molecule has 0 radical (unpaired) electrons. The van der Waals surface area contributed by atoms with Gasteiger partial charge in [0.25, 0.3) is 0 Å². The standard InChI is InChI=1S/C26H36N2O2S/c1-17(2)22-9-8-10-23(18(3)4)26(22)27-24(29)15-25(30)28(19(5)6)16-20-11-13-21(31-7)14-12-20/h8-14,17-19H,15-16H2,1-7H3,(H,27,29). The van der Waals surface area contributed by atoms with Gasteiger partial charge in [-0.1, -0.05) is 58.0 Å². The van der Waals surface area contributed by atoms with Gasteiger partial charge in [-0.3, -0.25) is 9.59 Å². The van der Waals surface area contributed by atoms with Gasteiger partial charge >= 0.3 is 0 Å². The van der Waals surface area contributed by atoms with Crippen LogP contribution in [0.25, 0.3) is 0 Å². The van der Waals surface area contributed by atoms with E-state index in [1.165, 1.54) is 4.90 Å². The topological polar surface area (TPSA) is 49.4 Å².